The molecule has 2 aromatic rings. The van der Waals surface area contributed by atoms with E-state index < -0.39 is 78.1 Å². The number of nitrogens with two attached hydrogens (primary N) is 1. The lowest BCUT2D eigenvalue weighted by Crippen LogP contribution is -2.60. The van der Waals surface area contributed by atoms with Crippen LogP contribution in [0.2, 0.25) is 0 Å². The van der Waals surface area contributed by atoms with Crippen molar-refractivity contribution in [2.75, 3.05) is 39.5 Å². The molecule has 4 heterocycles. The molecule has 60 heavy (non-hydrogen) atoms. The number of benzene rings is 1. The molecule has 3 aliphatic heterocycles. The van der Waals surface area contributed by atoms with Crippen molar-refractivity contribution in [3.63, 3.8) is 0 Å². The molecule has 0 radical (unpaired) electrons. The fourth-order valence-electron chi connectivity index (χ4n) is 9.13. The Morgan fingerprint density at radius 1 is 1.13 bits per heavy atom. The quantitative estimate of drug-likeness (QED) is 0.0912. The topological polar surface area (TPSA) is 217 Å². The third-order valence-electron chi connectivity index (χ3n) is 12.6. The van der Waals surface area contributed by atoms with Crippen molar-refractivity contribution in [2.45, 2.75) is 148 Å². The summed E-state index contributed by atoms with van der Waals surface area (Å²) in [5.41, 5.74) is 6.95. The highest BCUT2D eigenvalue weighted by Crippen LogP contribution is 2.39. The Bertz CT molecular complexity index is 1810. The van der Waals surface area contributed by atoms with Crippen LogP contribution < -0.4 is 11.1 Å². The lowest BCUT2D eigenvalue weighted by atomic mass is 9.84. The fourth-order valence-corrected chi connectivity index (χ4v) is 9.13. The first-order chi connectivity index (χ1) is 28.5. The van der Waals surface area contributed by atoms with Crippen LogP contribution in [-0.2, 0) is 39.8 Å². The minimum atomic E-state index is -1.24. The fraction of sp³-hybridized carbons (Fsp3) is 0.721. The predicted octanol–water partition coefficient (Wildman–Crippen LogP) is 3.79. The number of unbranched alkanes of at least 4 members (excludes halogenated alkanes) is 1. The lowest BCUT2D eigenvalue weighted by molar-refractivity contribution is -0.284. The number of ether oxygens (including phenoxy) is 5. The van der Waals surface area contributed by atoms with Crippen molar-refractivity contribution in [3.05, 3.63) is 30.5 Å². The van der Waals surface area contributed by atoms with E-state index in [4.69, 9.17) is 29.4 Å². The summed E-state index contributed by atoms with van der Waals surface area (Å²) in [5, 5.41) is 33.1. The van der Waals surface area contributed by atoms with Crippen molar-refractivity contribution in [1.82, 2.24) is 30.1 Å². The molecule has 4 N–H and O–H groups in total. The largest absolute Gasteiger partial charge is 0.458 e. The number of anilines is 1. The zero-order chi connectivity index (χ0) is 43.9. The number of aliphatic hydroxyl groups excluding tert-OH is 1. The number of methoxy groups -OCH3 is 1. The van der Waals surface area contributed by atoms with E-state index in [9.17, 15) is 24.8 Å². The number of amides is 1. The Morgan fingerprint density at radius 3 is 2.55 bits per heavy atom. The third kappa shape index (κ3) is 10.6. The molecule has 0 bridgehead atoms. The van der Waals surface area contributed by atoms with E-state index >= 15 is 0 Å². The number of hydrogen-bond acceptors (Lipinski definition) is 15. The number of hydrogen-bond donors (Lipinski definition) is 3. The highest BCUT2D eigenvalue weighted by Gasteiger charge is 2.58. The standard InChI is InChI=1S/C43H66N8O9/c1-10-35-43(7)39(51(42(55)60-43)18-12-11-17-50-24-32(47-48-50)30-14-13-15-31(45)22-30)29(6)46-23-25(2)20-34(56-9)38(27(4)36(52)28(5)40(54)58-35)59-41-37(53)33(21-26(3)57-41)49(8)19-16-44/h13-15,22,24-29,33-35,37-39,41,46,53H,10-12,17-21,23,45H2,1-9H3/t25-,26?,27+,28-,29-,33?,34-,35-,37?,38-,39-,41+,43-/m1/s1. The summed E-state index contributed by atoms with van der Waals surface area (Å²) in [6.45, 7) is 14.4. The Balaban J connectivity index is 1.35. The molecule has 3 aliphatic rings. The van der Waals surface area contributed by atoms with Gasteiger partial charge in [-0.1, -0.05) is 38.1 Å². The van der Waals surface area contributed by atoms with E-state index in [1.165, 1.54) is 6.92 Å². The summed E-state index contributed by atoms with van der Waals surface area (Å²) in [7, 11) is 3.32. The Morgan fingerprint density at radius 2 is 1.87 bits per heavy atom. The number of Topliss-reactive ketones (excluding diaryl/α,β-unsaturated/α-hetero) is 1. The summed E-state index contributed by atoms with van der Waals surface area (Å²) in [5.74, 6) is -3.26. The first-order valence-electron chi connectivity index (χ1n) is 21.3. The highest BCUT2D eigenvalue weighted by molar-refractivity contribution is 6.00. The van der Waals surface area contributed by atoms with Crippen LogP contribution in [0.5, 0.6) is 0 Å². The highest BCUT2D eigenvalue weighted by atomic mass is 16.7. The number of carbonyl (C=O) groups is 3. The normalized spacial score (nSPS) is 34.6. The van der Waals surface area contributed by atoms with E-state index in [1.807, 2.05) is 58.2 Å². The second kappa shape index (κ2) is 20.6. The van der Waals surface area contributed by atoms with Crippen molar-refractivity contribution in [3.8, 4) is 17.3 Å². The molecule has 0 saturated carbocycles. The molecule has 17 nitrogen and oxygen atoms in total. The zero-order valence-electron chi connectivity index (χ0n) is 36.7. The van der Waals surface area contributed by atoms with Crippen LogP contribution >= 0.6 is 0 Å². The average Bonchev–Trinajstić information content (AvgIpc) is 3.80. The number of nitrogen functional groups attached to an aromatic ring is 1. The maximum absolute atomic E-state index is 14.3. The van der Waals surface area contributed by atoms with E-state index in [2.05, 4.69) is 28.6 Å². The maximum atomic E-state index is 14.3. The third-order valence-corrected chi connectivity index (χ3v) is 12.6. The van der Waals surface area contributed by atoms with Gasteiger partial charge in [0.05, 0.1) is 43.2 Å². The van der Waals surface area contributed by atoms with Crippen LogP contribution in [0.15, 0.2) is 30.5 Å². The molecule has 332 valence electrons. The molecule has 1 aromatic heterocycles. The molecule has 5 rings (SSSR count). The van der Waals surface area contributed by atoms with Crippen molar-refractivity contribution in [1.29, 1.82) is 5.26 Å². The molecular formula is C43H66N8O9. The van der Waals surface area contributed by atoms with Gasteiger partial charge in [0.2, 0.25) is 0 Å². The predicted molar refractivity (Wildman–Crippen MR) is 222 cm³/mol. The number of cyclic esters (lactones) is 1. The van der Waals surface area contributed by atoms with Crippen molar-refractivity contribution < 1.29 is 43.2 Å². The summed E-state index contributed by atoms with van der Waals surface area (Å²) >= 11 is 0. The number of fused-ring (bicyclic) bond motifs is 1. The Kier molecular flexibility index (Phi) is 16.1. The lowest BCUT2D eigenvalue weighted by Gasteiger charge is -2.44. The number of aliphatic hydroxyl groups is 1. The minimum absolute atomic E-state index is 0.0172. The zero-order valence-corrected chi connectivity index (χ0v) is 36.7. The smallest absolute Gasteiger partial charge is 0.410 e. The first kappa shape index (κ1) is 46.9. The maximum Gasteiger partial charge on any atom is 0.410 e. The average molecular weight is 839 g/mol. The van der Waals surface area contributed by atoms with Gasteiger partial charge in [0.1, 0.15) is 23.8 Å². The molecule has 17 heteroatoms. The van der Waals surface area contributed by atoms with Crippen LogP contribution in [0, 0.1) is 29.1 Å². The van der Waals surface area contributed by atoms with Gasteiger partial charge in [-0.15, -0.1) is 5.10 Å². The molecule has 0 aliphatic carbocycles. The second-order valence-electron chi connectivity index (χ2n) is 17.2. The van der Waals surface area contributed by atoms with Gasteiger partial charge in [0, 0.05) is 49.5 Å². The SMILES string of the molecule is CC[C@H]1OC(=O)[C@H](C)C(=O)[C@H](C)[C@@H](O[C@@H]2OC(C)CC(N(C)CC#N)C2O)[C@H](OC)C[C@@H](C)CN[C@H](C)[C@H]2N(CCCCn3cc(-c4cccc(N)c4)nn3)C(=O)O[C@]12C. The number of rotatable bonds is 12. The molecule has 1 aromatic carbocycles. The van der Waals surface area contributed by atoms with Gasteiger partial charge < -0.3 is 39.8 Å². The van der Waals surface area contributed by atoms with Gasteiger partial charge in [-0.2, -0.15) is 5.26 Å². The number of carbonyl (C=O) groups excluding carboxylic acids is 3. The van der Waals surface area contributed by atoms with E-state index in [1.54, 1.807) is 35.6 Å². The molecule has 1 amide bonds. The summed E-state index contributed by atoms with van der Waals surface area (Å²) < 4.78 is 32.9. The van der Waals surface area contributed by atoms with Gasteiger partial charge in [-0.3, -0.25) is 24.1 Å². The summed E-state index contributed by atoms with van der Waals surface area (Å²) in [6, 6.07) is 8.34. The summed E-state index contributed by atoms with van der Waals surface area (Å²) in [6.07, 6.45) is -0.975. The summed E-state index contributed by atoms with van der Waals surface area (Å²) in [4.78, 5) is 45.5. The molecule has 0 spiro atoms. The molecule has 3 fully saturated rings. The minimum Gasteiger partial charge on any atom is -0.458 e. The van der Waals surface area contributed by atoms with Gasteiger partial charge in [-0.05, 0) is 91.4 Å². The van der Waals surface area contributed by atoms with Crippen LogP contribution in [-0.4, -0.2) is 142 Å². The number of likely N-dealkylation sites (N-methyl/N-ethyl adjacent to an activating group) is 1. The van der Waals surface area contributed by atoms with Gasteiger partial charge in [0.25, 0.3) is 0 Å². The van der Waals surface area contributed by atoms with E-state index in [-0.39, 0.29) is 24.6 Å². The Labute approximate surface area is 354 Å². The molecular weight excluding hydrogens is 773 g/mol. The van der Waals surface area contributed by atoms with Crippen molar-refractivity contribution in [2.24, 2.45) is 17.8 Å². The second-order valence-corrected chi connectivity index (χ2v) is 17.2. The van der Waals surface area contributed by atoms with Crippen molar-refractivity contribution >= 4 is 23.5 Å². The molecule has 13 atom stereocenters. The van der Waals surface area contributed by atoms with Crippen LogP contribution in [0.4, 0.5) is 10.5 Å². The number of ketones is 1. The number of aromatic nitrogens is 3. The van der Waals surface area contributed by atoms with Gasteiger partial charge in [-0.25, -0.2) is 4.79 Å². The number of nitriles is 1. The monoisotopic (exact) mass is 838 g/mol. The molecule has 3 saturated heterocycles. The number of aryl methyl sites for hydroxylation is 1. The van der Waals surface area contributed by atoms with Crippen LogP contribution in [0.1, 0.15) is 80.6 Å². The van der Waals surface area contributed by atoms with Gasteiger partial charge in [0.15, 0.2) is 17.7 Å². The number of nitrogens with one attached hydrogen (secondary N) is 1. The van der Waals surface area contributed by atoms with Crippen LogP contribution in [0.3, 0.4) is 0 Å². The number of nitrogens with zero attached hydrogens (tertiary/aromatic N) is 6. The van der Waals surface area contributed by atoms with E-state index in [0.29, 0.717) is 57.4 Å². The molecule has 3 unspecified atom stereocenters. The van der Waals surface area contributed by atoms with Crippen LogP contribution in [0.25, 0.3) is 11.3 Å². The van der Waals surface area contributed by atoms with Gasteiger partial charge >= 0.3 is 12.1 Å². The first-order valence-corrected chi connectivity index (χ1v) is 21.3. The van der Waals surface area contributed by atoms with E-state index in [0.717, 1.165) is 11.3 Å². The Hall–Kier alpha value is -4.18. The number of esters is 1.